The molecule has 1 fully saturated rings. The minimum absolute atomic E-state index is 0.191. The van der Waals surface area contributed by atoms with Crippen LogP contribution < -0.4 is 9.47 Å². The molecule has 112 valence electrons. The first-order chi connectivity index (χ1) is 10.4. The Hall–Kier alpha value is -1.59. The lowest BCUT2D eigenvalue weighted by Crippen LogP contribution is -2.25. The average Bonchev–Trinajstić information content (AvgIpc) is 2.54. The standard InChI is InChI=1S/C15H17ClN2O3/c16-6-9-20-15-17-10-12-13(18-15)2-1-3-14(12)21-11-4-7-19-8-5-11/h1-3,10-11H,4-9H2. The van der Waals surface area contributed by atoms with Crippen molar-refractivity contribution in [1.29, 1.82) is 0 Å². The van der Waals surface area contributed by atoms with Crippen molar-refractivity contribution in [3.63, 3.8) is 0 Å². The lowest BCUT2D eigenvalue weighted by Gasteiger charge is -2.23. The van der Waals surface area contributed by atoms with Gasteiger partial charge in [-0.15, -0.1) is 11.6 Å². The van der Waals surface area contributed by atoms with E-state index in [2.05, 4.69) is 9.97 Å². The summed E-state index contributed by atoms with van der Waals surface area (Å²) in [6.45, 7) is 1.90. The highest BCUT2D eigenvalue weighted by atomic mass is 35.5. The first-order valence-electron chi connectivity index (χ1n) is 7.06. The van der Waals surface area contributed by atoms with Crippen molar-refractivity contribution in [3.05, 3.63) is 24.4 Å². The third-order valence-corrected chi connectivity index (χ3v) is 3.49. The van der Waals surface area contributed by atoms with E-state index in [0.717, 1.165) is 42.7 Å². The average molecular weight is 309 g/mol. The summed E-state index contributed by atoms with van der Waals surface area (Å²) in [5, 5.41) is 0.891. The molecule has 5 nitrogen and oxygen atoms in total. The second-order valence-electron chi connectivity index (χ2n) is 4.81. The Morgan fingerprint density at radius 3 is 2.95 bits per heavy atom. The van der Waals surface area contributed by atoms with Gasteiger partial charge in [-0.2, -0.15) is 4.98 Å². The fourth-order valence-corrected chi connectivity index (χ4v) is 2.36. The second-order valence-corrected chi connectivity index (χ2v) is 5.19. The van der Waals surface area contributed by atoms with Gasteiger partial charge in [0.25, 0.3) is 0 Å². The zero-order valence-electron chi connectivity index (χ0n) is 11.6. The van der Waals surface area contributed by atoms with E-state index in [1.807, 2.05) is 18.2 Å². The van der Waals surface area contributed by atoms with Gasteiger partial charge in [0, 0.05) is 19.0 Å². The molecule has 0 radical (unpaired) electrons. The summed E-state index contributed by atoms with van der Waals surface area (Å²) < 4.78 is 16.8. The lowest BCUT2D eigenvalue weighted by atomic mass is 10.1. The van der Waals surface area contributed by atoms with E-state index in [4.69, 9.17) is 25.8 Å². The predicted octanol–water partition coefficient (Wildman–Crippen LogP) is 2.81. The van der Waals surface area contributed by atoms with Gasteiger partial charge in [0.15, 0.2) is 0 Å². The van der Waals surface area contributed by atoms with Gasteiger partial charge in [-0.3, -0.25) is 0 Å². The third kappa shape index (κ3) is 3.54. The molecule has 1 aliphatic rings. The van der Waals surface area contributed by atoms with Crippen LogP contribution in [0.5, 0.6) is 11.8 Å². The van der Waals surface area contributed by atoms with Crippen molar-refractivity contribution in [2.75, 3.05) is 25.7 Å². The van der Waals surface area contributed by atoms with E-state index in [1.54, 1.807) is 6.20 Å². The maximum absolute atomic E-state index is 6.07. The normalized spacial score (nSPS) is 16.0. The molecule has 1 aromatic heterocycles. The molecule has 0 N–H and O–H groups in total. The molecule has 0 saturated carbocycles. The number of hydrogen-bond acceptors (Lipinski definition) is 5. The topological polar surface area (TPSA) is 53.5 Å². The highest BCUT2D eigenvalue weighted by molar-refractivity contribution is 6.18. The Morgan fingerprint density at radius 1 is 1.29 bits per heavy atom. The van der Waals surface area contributed by atoms with Gasteiger partial charge in [0.2, 0.25) is 0 Å². The van der Waals surface area contributed by atoms with Gasteiger partial charge < -0.3 is 14.2 Å². The van der Waals surface area contributed by atoms with Gasteiger partial charge in [-0.1, -0.05) is 6.07 Å². The van der Waals surface area contributed by atoms with Crippen LogP contribution in [-0.2, 0) is 4.74 Å². The van der Waals surface area contributed by atoms with Crippen molar-refractivity contribution in [2.24, 2.45) is 0 Å². The van der Waals surface area contributed by atoms with Gasteiger partial charge in [0.05, 0.1) is 30.0 Å². The molecular formula is C15H17ClN2O3. The van der Waals surface area contributed by atoms with Crippen LogP contribution >= 0.6 is 11.6 Å². The Balaban J connectivity index is 1.81. The number of rotatable bonds is 5. The Morgan fingerprint density at radius 2 is 2.14 bits per heavy atom. The summed E-state index contributed by atoms with van der Waals surface area (Å²) in [6.07, 6.45) is 3.75. The Labute approximate surface area is 128 Å². The second kappa shape index (κ2) is 6.91. The van der Waals surface area contributed by atoms with Crippen LogP contribution in [0.4, 0.5) is 0 Å². The maximum Gasteiger partial charge on any atom is 0.316 e. The molecule has 2 heterocycles. The molecule has 0 aliphatic carbocycles. The van der Waals surface area contributed by atoms with E-state index < -0.39 is 0 Å². The molecule has 1 aliphatic heterocycles. The van der Waals surface area contributed by atoms with Crippen LogP contribution in [0.1, 0.15) is 12.8 Å². The van der Waals surface area contributed by atoms with E-state index >= 15 is 0 Å². The summed E-state index contributed by atoms with van der Waals surface area (Å²) in [4.78, 5) is 8.57. The van der Waals surface area contributed by atoms with E-state index in [9.17, 15) is 0 Å². The van der Waals surface area contributed by atoms with Crippen LogP contribution in [0.25, 0.3) is 10.9 Å². The third-order valence-electron chi connectivity index (χ3n) is 3.33. The molecule has 0 unspecified atom stereocenters. The predicted molar refractivity (Wildman–Crippen MR) is 80.2 cm³/mol. The number of alkyl halides is 1. The Kier molecular flexibility index (Phi) is 4.72. The monoisotopic (exact) mass is 308 g/mol. The molecule has 0 atom stereocenters. The molecule has 1 aromatic carbocycles. The summed E-state index contributed by atoms with van der Waals surface area (Å²) in [5.41, 5.74) is 0.805. The smallest absolute Gasteiger partial charge is 0.316 e. The summed E-state index contributed by atoms with van der Waals surface area (Å²) in [5.74, 6) is 1.22. The van der Waals surface area contributed by atoms with E-state index in [0.29, 0.717) is 18.5 Å². The number of hydrogen-bond donors (Lipinski definition) is 0. The molecule has 3 rings (SSSR count). The summed E-state index contributed by atoms with van der Waals surface area (Å²) in [7, 11) is 0. The number of nitrogens with zero attached hydrogens (tertiary/aromatic N) is 2. The summed E-state index contributed by atoms with van der Waals surface area (Å²) in [6, 6.07) is 6.13. The largest absolute Gasteiger partial charge is 0.489 e. The molecule has 0 amide bonds. The van der Waals surface area contributed by atoms with Gasteiger partial charge >= 0.3 is 6.01 Å². The highest BCUT2D eigenvalue weighted by Gasteiger charge is 2.16. The van der Waals surface area contributed by atoms with Gasteiger partial charge in [0.1, 0.15) is 18.5 Å². The lowest BCUT2D eigenvalue weighted by molar-refractivity contribution is 0.0262. The fourth-order valence-electron chi connectivity index (χ4n) is 2.29. The van der Waals surface area contributed by atoms with Crippen LogP contribution in [0.15, 0.2) is 24.4 Å². The molecule has 1 saturated heterocycles. The molecular weight excluding hydrogens is 292 g/mol. The molecule has 0 spiro atoms. The number of ether oxygens (including phenoxy) is 3. The zero-order valence-corrected chi connectivity index (χ0v) is 12.4. The van der Waals surface area contributed by atoms with E-state index in [1.165, 1.54) is 0 Å². The number of benzene rings is 1. The fraction of sp³-hybridized carbons (Fsp3) is 0.467. The number of fused-ring (bicyclic) bond motifs is 1. The first kappa shape index (κ1) is 14.4. The molecule has 21 heavy (non-hydrogen) atoms. The Bertz CT molecular complexity index is 602. The molecule has 6 heteroatoms. The first-order valence-corrected chi connectivity index (χ1v) is 7.59. The zero-order chi connectivity index (χ0) is 14.5. The molecule has 2 aromatic rings. The molecule has 0 bridgehead atoms. The van der Waals surface area contributed by atoms with Gasteiger partial charge in [-0.25, -0.2) is 4.98 Å². The van der Waals surface area contributed by atoms with Crippen molar-refractivity contribution in [2.45, 2.75) is 18.9 Å². The van der Waals surface area contributed by atoms with Crippen molar-refractivity contribution in [3.8, 4) is 11.8 Å². The minimum Gasteiger partial charge on any atom is -0.489 e. The number of halogens is 1. The minimum atomic E-state index is 0.191. The van der Waals surface area contributed by atoms with Crippen molar-refractivity contribution < 1.29 is 14.2 Å². The SMILES string of the molecule is ClCCOc1ncc2c(OC3CCOCC3)cccc2n1. The van der Waals surface area contributed by atoms with Crippen LogP contribution in [-0.4, -0.2) is 41.8 Å². The quantitative estimate of drug-likeness (QED) is 0.795. The highest BCUT2D eigenvalue weighted by Crippen LogP contribution is 2.27. The van der Waals surface area contributed by atoms with Crippen LogP contribution in [0, 0.1) is 0 Å². The van der Waals surface area contributed by atoms with E-state index in [-0.39, 0.29) is 6.10 Å². The van der Waals surface area contributed by atoms with Crippen LogP contribution in [0.3, 0.4) is 0 Å². The van der Waals surface area contributed by atoms with Crippen molar-refractivity contribution in [1.82, 2.24) is 9.97 Å². The van der Waals surface area contributed by atoms with Gasteiger partial charge in [-0.05, 0) is 12.1 Å². The number of aromatic nitrogens is 2. The maximum atomic E-state index is 6.07. The van der Waals surface area contributed by atoms with Crippen molar-refractivity contribution >= 4 is 22.5 Å². The summed E-state index contributed by atoms with van der Waals surface area (Å²) >= 11 is 5.59. The van der Waals surface area contributed by atoms with Crippen LogP contribution in [0.2, 0.25) is 0 Å².